The van der Waals surface area contributed by atoms with Gasteiger partial charge in [0, 0.05) is 12.4 Å². The molecule has 3 heteroatoms. The number of nitrogens with zero attached hydrogens (tertiary/aromatic N) is 3. The summed E-state index contributed by atoms with van der Waals surface area (Å²) in [6, 6.07) is 14.2. The molecule has 1 heterocycles. The van der Waals surface area contributed by atoms with Crippen LogP contribution in [0.2, 0.25) is 0 Å². The van der Waals surface area contributed by atoms with Crippen molar-refractivity contribution in [2.24, 2.45) is 9.98 Å². The molecule has 0 saturated heterocycles. The summed E-state index contributed by atoms with van der Waals surface area (Å²) in [4.78, 5) is 12.4. The van der Waals surface area contributed by atoms with Gasteiger partial charge in [-0.05, 0) is 55.5 Å². The van der Waals surface area contributed by atoms with Gasteiger partial charge < -0.3 is 0 Å². The maximum Gasteiger partial charge on any atom is 0.101 e. The first-order chi connectivity index (χ1) is 11.4. The van der Waals surface area contributed by atoms with Crippen molar-refractivity contribution in [1.29, 1.82) is 0 Å². The Hall–Kier alpha value is -2.95. The second-order valence-corrected chi connectivity index (χ2v) is 5.27. The minimum Gasteiger partial charge on any atom is -0.265 e. The van der Waals surface area contributed by atoms with E-state index in [-0.39, 0.29) is 0 Å². The van der Waals surface area contributed by atoms with Crippen molar-refractivity contribution in [2.75, 3.05) is 0 Å². The van der Waals surface area contributed by atoms with Crippen LogP contribution in [-0.2, 0) is 0 Å². The SMILES string of the molecule is C(=Nc1ccncc1)=Nc1ccccc1C#CC1=CCCCC1. The Kier molecular flexibility index (Phi) is 5.13. The van der Waals surface area contributed by atoms with Crippen LogP contribution in [0, 0.1) is 11.8 Å². The fourth-order valence-electron chi connectivity index (χ4n) is 2.33. The molecule has 1 aromatic carbocycles. The second kappa shape index (κ2) is 7.89. The first kappa shape index (κ1) is 15.0. The molecule has 0 radical (unpaired) electrons. The molecule has 0 atom stereocenters. The van der Waals surface area contributed by atoms with Gasteiger partial charge in [0.1, 0.15) is 6.01 Å². The number of allylic oxidation sites excluding steroid dienone is 2. The van der Waals surface area contributed by atoms with Crippen molar-refractivity contribution in [3.63, 3.8) is 0 Å². The van der Waals surface area contributed by atoms with Crippen LogP contribution in [0.25, 0.3) is 0 Å². The van der Waals surface area contributed by atoms with E-state index in [0.717, 1.165) is 29.8 Å². The lowest BCUT2D eigenvalue weighted by molar-refractivity contribution is 0.715. The first-order valence-corrected chi connectivity index (χ1v) is 7.78. The third-order valence-electron chi connectivity index (χ3n) is 3.57. The van der Waals surface area contributed by atoms with Crippen LogP contribution in [0.5, 0.6) is 0 Å². The highest BCUT2D eigenvalue weighted by Gasteiger charge is 2.00. The smallest absolute Gasteiger partial charge is 0.101 e. The lowest BCUT2D eigenvalue weighted by atomic mass is 10.00. The lowest BCUT2D eigenvalue weighted by Gasteiger charge is -2.05. The summed E-state index contributed by atoms with van der Waals surface area (Å²) in [5.74, 6) is 6.50. The van der Waals surface area contributed by atoms with Gasteiger partial charge in [0.15, 0.2) is 0 Å². The van der Waals surface area contributed by atoms with E-state index in [1.807, 2.05) is 36.4 Å². The summed E-state index contributed by atoms with van der Waals surface area (Å²) in [5, 5.41) is 0. The van der Waals surface area contributed by atoms with Gasteiger partial charge in [0.05, 0.1) is 16.9 Å². The highest BCUT2D eigenvalue weighted by Crippen LogP contribution is 2.19. The highest BCUT2D eigenvalue weighted by atomic mass is 14.8. The highest BCUT2D eigenvalue weighted by molar-refractivity contribution is 5.63. The van der Waals surface area contributed by atoms with Gasteiger partial charge in [-0.15, -0.1) is 0 Å². The molecule has 2 aromatic rings. The Morgan fingerprint density at radius 1 is 0.913 bits per heavy atom. The fraction of sp³-hybridized carbons (Fsp3) is 0.200. The number of aliphatic imine (C=N–C) groups is 2. The molecule has 0 fully saturated rings. The minimum absolute atomic E-state index is 0.777. The molecule has 1 aliphatic carbocycles. The van der Waals surface area contributed by atoms with Crippen molar-refractivity contribution in [3.8, 4) is 11.8 Å². The zero-order valence-electron chi connectivity index (χ0n) is 12.9. The van der Waals surface area contributed by atoms with Gasteiger partial charge in [-0.1, -0.05) is 30.0 Å². The molecule has 23 heavy (non-hydrogen) atoms. The van der Waals surface area contributed by atoms with Gasteiger partial charge >= 0.3 is 0 Å². The number of pyridine rings is 1. The van der Waals surface area contributed by atoms with Crippen molar-refractivity contribution in [1.82, 2.24) is 4.98 Å². The van der Waals surface area contributed by atoms with Gasteiger partial charge in [-0.2, -0.15) is 9.98 Å². The van der Waals surface area contributed by atoms with Crippen molar-refractivity contribution in [2.45, 2.75) is 25.7 Å². The third kappa shape index (κ3) is 4.51. The normalized spacial score (nSPS) is 13.1. The average Bonchev–Trinajstić information content (AvgIpc) is 2.63. The van der Waals surface area contributed by atoms with Crippen LogP contribution in [0.4, 0.5) is 11.4 Å². The zero-order chi connectivity index (χ0) is 15.7. The van der Waals surface area contributed by atoms with E-state index in [2.05, 4.69) is 38.9 Å². The Bertz CT molecular complexity index is 817. The predicted molar refractivity (Wildman–Crippen MR) is 93.3 cm³/mol. The summed E-state index contributed by atoms with van der Waals surface area (Å²) in [5.41, 5.74) is 3.70. The Balaban J connectivity index is 1.82. The molecule has 112 valence electrons. The molecule has 1 aromatic heterocycles. The molecular formula is C20H17N3. The Morgan fingerprint density at radius 2 is 1.78 bits per heavy atom. The largest absolute Gasteiger partial charge is 0.265 e. The van der Waals surface area contributed by atoms with Gasteiger partial charge in [-0.3, -0.25) is 4.98 Å². The van der Waals surface area contributed by atoms with E-state index >= 15 is 0 Å². The topological polar surface area (TPSA) is 37.6 Å². The van der Waals surface area contributed by atoms with Crippen molar-refractivity contribution >= 4 is 17.4 Å². The number of rotatable bonds is 2. The van der Waals surface area contributed by atoms with Gasteiger partial charge in [0.2, 0.25) is 0 Å². The Labute approximate surface area is 136 Å². The van der Waals surface area contributed by atoms with E-state index in [9.17, 15) is 0 Å². The molecular weight excluding hydrogens is 282 g/mol. The van der Waals surface area contributed by atoms with E-state index in [1.54, 1.807) is 12.4 Å². The van der Waals surface area contributed by atoms with Crippen LogP contribution in [0.3, 0.4) is 0 Å². The molecule has 0 spiro atoms. The first-order valence-electron chi connectivity index (χ1n) is 7.78. The average molecular weight is 299 g/mol. The summed E-state index contributed by atoms with van der Waals surface area (Å²) in [7, 11) is 0. The van der Waals surface area contributed by atoms with Crippen LogP contribution >= 0.6 is 0 Å². The molecule has 3 nitrogen and oxygen atoms in total. The second-order valence-electron chi connectivity index (χ2n) is 5.27. The zero-order valence-corrected chi connectivity index (χ0v) is 12.9. The summed E-state index contributed by atoms with van der Waals surface area (Å²) < 4.78 is 0. The molecule has 3 rings (SSSR count). The number of benzene rings is 1. The molecule has 0 amide bonds. The number of hydrogen-bond acceptors (Lipinski definition) is 3. The molecule has 0 N–H and O–H groups in total. The van der Waals surface area contributed by atoms with E-state index < -0.39 is 0 Å². The van der Waals surface area contributed by atoms with Crippen LogP contribution in [0.1, 0.15) is 31.2 Å². The summed E-state index contributed by atoms with van der Waals surface area (Å²) in [6.45, 7) is 0. The van der Waals surface area contributed by atoms with Crippen molar-refractivity contribution in [3.05, 3.63) is 66.0 Å². The Morgan fingerprint density at radius 3 is 2.61 bits per heavy atom. The number of aromatic nitrogens is 1. The standard InChI is InChI=1S/C20H17N3/c1-2-6-17(7-3-1)10-11-18-8-4-5-9-20(18)23-16-22-19-12-14-21-15-13-19/h4-6,8-9,12-15H,1-3,7H2. The van der Waals surface area contributed by atoms with Crippen molar-refractivity contribution < 1.29 is 0 Å². The molecule has 0 unspecified atom stereocenters. The van der Waals surface area contributed by atoms with Crippen LogP contribution in [0.15, 0.2) is 70.4 Å². The van der Waals surface area contributed by atoms with E-state index in [0.29, 0.717) is 0 Å². The monoisotopic (exact) mass is 299 g/mol. The maximum atomic E-state index is 4.31. The summed E-state index contributed by atoms with van der Waals surface area (Å²) >= 11 is 0. The van der Waals surface area contributed by atoms with Crippen LogP contribution in [-0.4, -0.2) is 11.0 Å². The lowest BCUT2D eigenvalue weighted by Crippen LogP contribution is -1.88. The fourth-order valence-corrected chi connectivity index (χ4v) is 2.33. The predicted octanol–water partition coefficient (Wildman–Crippen LogP) is 5.07. The van der Waals surface area contributed by atoms with Gasteiger partial charge in [-0.25, -0.2) is 0 Å². The third-order valence-corrected chi connectivity index (χ3v) is 3.57. The van der Waals surface area contributed by atoms with E-state index in [1.165, 1.54) is 18.4 Å². The molecule has 0 saturated carbocycles. The quantitative estimate of drug-likeness (QED) is 0.563. The van der Waals surface area contributed by atoms with E-state index in [4.69, 9.17) is 0 Å². The van der Waals surface area contributed by atoms with Crippen LogP contribution < -0.4 is 0 Å². The molecule has 1 aliphatic rings. The number of hydrogen-bond donors (Lipinski definition) is 0. The molecule has 0 bridgehead atoms. The summed E-state index contributed by atoms with van der Waals surface area (Å²) in [6.07, 6.45) is 10.4. The minimum atomic E-state index is 0.777. The molecule has 0 aliphatic heterocycles. The van der Waals surface area contributed by atoms with Gasteiger partial charge in [0.25, 0.3) is 0 Å². The number of para-hydroxylation sites is 1. The maximum absolute atomic E-state index is 4.31.